The van der Waals surface area contributed by atoms with Gasteiger partial charge in [-0.2, -0.15) is 0 Å². The Balaban J connectivity index is 1.69. The second kappa shape index (κ2) is 9.31. The van der Waals surface area contributed by atoms with Crippen LogP contribution in [0, 0.1) is 0 Å². The van der Waals surface area contributed by atoms with Crippen LogP contribution in [0.25, 0.3) is 28.2 Å². The van der Waals surface area contributed by atoms with Crippen molar-refractivity contribution in [2.24, 2.45) is 0 Å². The standard InChI is InChI=1S/C28H24O3/c1-20(9-8-12-21-10-4-3-5-11-21)19-26-24-13-6-7-14-25(24)28(29)31-27(26)22-15-17-23(30-2)18-16-22/h3-8,10-18H,1,9,19H2,2H3/b12-8+. The molecule has 0 atom stereocenters. The van der Waals surface area contributed by atoms with E-state index in [1.54, 1.807) is 13.2 Å². The van der Waals surface area contributed by atoms with E-state index >= 15 is 0 Å². The van der Waals surface area contributed by atoms with Gasteiger partial charge in [0.05, 0.1) is 12.5 Å². The van der Waals surface area contributed by atoms with Crippen LogP contribution in [0.2, 0.25) is 0 Å². The van der Waals surface area contributed by atoms with Crippen LogP contribution in [0.15, 0.2) is 106 Å². The number of hydrogen-bond acceptors (Lipinski definition) is 3. The zero-order valence-corrected chi connectivity index (χ0v) is 17.5. The average molecular weight is 408 g/mol. The van der Waals surface area contributed by atoms with Crippen molar-refractivity contribution in [1.82, 2.24) is 0 Å². The fourth-order valence-corrected chi connectivity index (χ4v) is 3.65. The molecule has 1 aromatic heterocycles. The minimum atomic E-state index is -0.334. The first-order valence-corrected chi connectivity index (χ1v) is 10.2. The molecule has 4 aromatic rings. The van der Waals surface area contributed by atoms with Crippen molar-refractivity contribution in [2.75, 3.05) is 7.11 Å². The van der Waals surface area contributed by atoms with Gasteiger partial charge in [-0.05, 0) is 54.1 Å². The Labute approximate surface area is 181 Å². The molecule has 3 nitrogen and oxygen atoms in total. The third-order valence-electron chi connectivity index (χ3n) is 5.24. The summed E-state index contributed by atoms with van der Waals surface area (Å²) in [5.41, 5.74) is 3.68. The second-order valence-electron chi connectivity index (χ2n) is 7.42. The highest BCUT2D eigenvalue weighted by Gasteiger charge is 2.16. The first-order chi connectivity index (χ1) is 15.2. The maximum absolute atomic E-state index is 12.6. The second-order valence-corrected chi connectivity index (χ2v) is 7.42. The highest BCUT2D eigenvalue weighted by Crippen LogP contribution is 2.31. The van der Waals surface area contributed by atoms with E-state index in [-0.39, 0.29) is 5.63 Å². The monoisotopic (exact) mass is 408 g/mol. The van der Waals surface area contributed by atoms with Gasteiger partial charge in [-0.15, -0.1) is 0 Å². The number of benzene rings is 3. The Morgan fingerprint density at radius 3 is 2.32 bits per heavy atom. The quantitative estimate of drug-likeness (QED) is 0.321. The maximum Gasteiger partial charge on any atom is 0.344 e. The topological polar surface area (TPSA) is 39.4 Å². The largest absolute Gasteiger partial charge is 0.497 e. The number of ether oxygens (including phenoxy) is 1. The molecule has 0 aliphatic carbocycles. The molecule has 154 valence electrons. The summed E-state index contributed by atoms with van der Waals surface area (Å²) < 4.78 is 11.1. The lowest BCUT2D eigenvalue weighted by molar-refractivity contribution is 0.415. The van der Waals surface area contributed by atoms with Gasteiger partial charge in [-0.25, -0.2) is 4.79 Å². The lowest BCUT2D eigenvalue weighted by Crippen LogP contribution is -2.05. The Morgan fingerprint density at radius 1 is 0.935 bits per heavy atom. The molecule has 0 spiro atoms. The van der Waals surface area contributed by atoms with Crippen LogP contribution in [-0.4, -0.2) is 7.11 Å². The lowest BCUT2D eigenvalue weighted by atomic mass is 9.95. The fourth-order valence-electron chi connectivity index (χ4n) is 3.65. The molecule has 0 saturated heterocycles. The first-order valence-electron chi connectivity index (χ1n) is 10.2. The average Bonchev–Trinajstić information content (AvgIpc) is 2.81. The molecular formula is C28H24O3. The molecular weight excluding hydrogens is 384 g/mol. The summed E-state index contributed by atoms with van der Waals surface area (Å²) in [5.74, 6) is 1.34. The Hall–Kier alpha value is -3.85. The van der Waals surface area contributed by atoms with Crippen LogP contribution in [0.3, 0.4) is 0 Å². The molecule has 3 heteroatoms. The van der Waals surface area contributed by atoms with Gasteiger partial charge >= 0.3 is 5.63 Å². The molecule has 0 saturated carbocycles. The molecule has 0 aliphatic rings. The highest BCUT2D eigenvalue weighted by molar-refractivity contribution is 5.89. The molecule has 31 heavy (non-hydrogen) atoms. The van der Waals surface area contributed by atoms with E-state index < -0.39 is 0 Å². The summed E-state index contributed by atoms with van der Waals surface area (Å²) in [6, 6.07) is 25.3. The summed E-state index contributed by atoms with van der Waals surface area (Å²) in [6.07, 6.45) is 5.57. The predicted molar refractivity (Wildman–Crippen MR) is 127 cm³/mol. The summed E-state index contributed by atoms with van der Waals surface area (Å²) in [5, 5.41) is 1.49. The summed E-state index contributed by atoms with van der Waals surface area (Å²) >= 11 is 0. The third-order valence-corrected chi connectivity index (χ3v) is 5.24. The van der Waals surface area contributed by atoms with Crippen LogP contribution in [0.4, 0.5) is 0 Å². The zero-order chi connectivity index (χ0) is 21.6. The van der Waals surface area contributed by atoms with Gasteiger partial charge in [0.15, 0.2) is 0 Å². The molecule has 0 fully saturated rings. The number of rotatable bonds is 7. The highest BCUT2D eigenvalue weighted by atomic mass is 16.5. The Morgan fingerprint density at radius 2 is 1.61 bits per heavy atom. The van der Waals surface area contributed by atoms with E-state index in [0.717, 1.165) is 39.8 Å². The molecule has 0 aliphatic heterocycles. The number of fused-ring (bicyclic) bond motifs is 1. The van der Waals surface area contributed by atoms with Gasteiger partial charge in [-0.1, -0.05) is 72.8 Å². The van der Waals surface area contributed by atoms with E-state index in [0.29, 0.717) is 17.6 Å². The van der Waals surface area contributed by atoms with Crippen LogP contribution in [0.1, 0.15) is 17.5 Å². The van der Waals surface area contributed by atoms with Gasteiger partial charge in [0.1, 0.15) is 11.5 Å². The normalized spacial score (nSPS) is 11.1. The molecule has 0 bridgehead atoms. The number of allylic oxidation sites excluding steroid dienone is 2. The van der Waals surface area contributed by atoms with Crippen LogP contribution < -0.4 is 10.4 Å². The van der Waals surface area contributed by atoms with Gasteiger partial charge in [0, 0.05) is 11.1 Å². The Bertz CT molecular complexity index is 1280. The van der Waals surface area contributed by atoms with Crippen molar-refractivity contribution in [2.45, 2.75) is 12.8 Å². The minimum absolute atomic E-state index is 0.334. The molecule has 0 N–H and O–H groups in total. The number of hydrogen-bond donors (Lipinski definition) is 0. The van der Waals surface area contributed by atoms with E-state index in [9.17, 15) is 4.79 Å². The summed E-state index contributed by atoms with van der Waals surface area (Å²) in [4.78, 5) is 12.6. The van der Waals surface area contributed by atoms with E-state index in [1.807, 2.05) is 60.7 Å². The van der Waals surface area contributed by atoms with Gasteiger partial charge in [-0.3, -0.25) is 0 Å². The zero-order valence-electron chi connectivity index (χ0n) is 17.5. The van der Waals surface area contributed by atoms with E-state index in [4.69, 9.17) is 9.15 Å². The summed E-state index contributed by atoms with van der Waals surface area (Å²) in [7, 11) is 1.63. The van der Waals surface area contributed by atoms with Crippen LogP contribution in [0.5, 0.6) is 5.75 Å². The van der Waals surface area contributed by atoms with Crippen molar-refractivity contribution in [1.29, 1.82) is 0 Å². The molecule has 0 radical (unpaired) electrons. The Kier molecular flexibility index (Phi) is 6.13. The van der Waals surface area contributed by atoms with Crippen molar-refractivity contribution < 1.29 is 9.15 Å². The number of methoxy groups -OCH3 is 1. The SMILES string of the molecule is C=C(C/C=C/c1ccccc1)Cc1c(-c2ccc(OC)cc2)oc(=O)c2ccccc12. The van der Waals surface area contributed by atoms with E-state index in [2.05, 4.69) is 30.9 Å². The van der Waals surface area contributed by atoms with E-state index in [1.165, 1.54) is 0 Å². The maximum atomic E-state index is 12.6. The van der Waals surface area contributed by atoms with Gasteiger partial charge in [0.2, 0.25) is 0 Å². The minimum Gasteiger partial charge on any atom is -0.497 e. The van der Waals surface area contributed by atoms with Gasteiger partial charge < -0.3 is 9.15 Å². The third kappa shape index (κ3) is 4.67. The van der Waals surface area contributed by atoms with Crippen molar-refractivity contribution in [3.05, 3.63) is 119 Å². The first kappa shape index (κ1) is 20.4. The lowest BCUT2D eigenvalue weighted by Gasteiger charge is -2.13. The van der Waals surface area contributed by atoms with Gasteiger partial charge in [0.25, 0.3) is 0 Å². The predicted octanol–water partition coefficient (Wildman–Crippen LogP) is 6.67. The molecule has 4 rings (SSSR count). The van der Waals surface area contributed by atoms with Crippen LogP contribution in [-0.2, 0) is 6.42 Å². The molecule has 0 amide bonds. The fraction of sp³-hybridized carbons (Fsp3) is 0.107. The summed E-state index contributed by atoms with van der Waals surface area (Å²) in [6.45, 7) is 4.28. The molecule has 0 unspecified atom stereocenters. The smallest absolute Gasteiger partial charge is 0.344 e. The molecule has 3 aromatic carbocycles. The van der Waals surface area contributed by atoms with Crippen molar-refractivity contribution >= 4 is 16.8 Å². The van der Waals surface area contributed by atoms with Crippen molar-refractivity contribution in [3.63, 3.8) is 0 Å². The molecule has 1 heterocycles. The van der Waals surface area contributed by atoms with Crippen molar-refractivity contribution in [3.8, 4) is 17.1 Å². The van der Waals surface area contributed by atoms with Crippen LogP contribution >= 0.6 is 0 Å².